The van der Waals surface area contributed by atoms with Crippen LogP contribution in [0.4, 0.5) is 0 Å². The fourth-order valence-corrected chi connectivity index (χ4v) is 6.30. The number of carbonyl (C=O) groups excluding carboxylic acids is 1. The standard InChI is InChI=1S/C23H32ClNO3/c1-16-6-9-20(26)14-18(24)10-13-28-22(27)17-7-8-19-4-2-11-23(25(19)15-17)12-3-5-21(16)23/h6-7,9,14,16,19-21,26H,2-5,8,10-13,15H2,1H3/b9-6+,18-14-/t16-,19+,20+,21-,23+/m0/s1. The molecule has 5 atom stereocenters. The Kier molecular flexibility index (Phi) is 6.01. The molecule has 0 unspecified atom stereocenters. The van der Waals surface area contributed by atoms with E-state index in [1.165, 1.54) is 38.5 Å². The lowest BCUT2D eigenvalue weighted by molar-refractivity contribution is -0.140. The molecule has 1 saturated heterocycles. The van der Waals surface area contributed by atoms with Gasteiger partial charge in [0, 0.05) is 35.2 Å². The first-order valence-corrected chi connectivity index (χ1v) is 11.2. The minimum absolute atomic E-state index is 0.172. The number of esters is 1. The minimum Gasteiger partial charge on any atom is -0.462 e. The summed E-state index contributed by atoms with van der Waals surface area (Å²) in [6, 6.07) is 0.541. The number of piperidine rings is 1. The van der Waals surface area contributed by atoms with E-state index in [1.54, 1.807) is 6.08 Å². The molecule has 4 aliphatic rings. The molecule has 1 saturated carbocycles. The monoisotopic (exact) mass is 405 g/mol. The van der Waals surface area contributed by atoms with Crippen LogP contribution in [0.15, 0.2) is 34.9 Å². The Morgan fingerprint density at radius 3 is 2.86 bits per heavy atom. The van der Waals surface area contributed by atoms with Crippen LogP contribution in [-0.4, -0.2) is 46.8 Å². The van der Waals surface area contributed by atoms with Crippen molar-refractivity contribution in [1.82, 2.24) is 4.90 Å². The number of fused-ring (bicyclic) bond motifs is 1. The zero-order valence-electron chi connectivity index (χ0n) is 16.8. The van der Waals surface area contributed by atoms with E-state index in [-0.39, 0.29) is 18.1 Å². The van der Waals surface area contributed by atoms with Gasteiger partial charge in [0.25, 0.3) is 0 Å². The third kappa shape index (κ3) is 3.83. The average Bonchev–Trinajstić information content (AvgIpc) is 3.09. The topological polar surface area (TPSA) is 49.8 Å². The van der Waals surface area contributed by atoms with Gasteiger partial charge in [-0.05, 0) is 50.0 Å². The Hall–Kier alpha value is -1.10. The van der Waals surface area contributed by atoms with Crippen LogP contribution < -0.4 is 0 Å². The molecule has 4 nitrogen and oxygen atoms in total. The van der Waals surface area contributed by atoms with Gasteiger partial charge in [0.1, 0.15) is 0 Å². The quantitative estimate of drug-likeness (QED) is 0.481. The molecule has 2 bridgehead atoms. The molecule has 5 heteroatoms. The van der Waals surface area contributed by atoms with Crippen molar-refractivity contribution in [2.75, 3.05) is 13.2 Å². The van der Waals surface area contributed by atoms with E-state index in [9.17, 15) is 9.90 Å². The number of hydrogen-bond acceptors (Lipinski definition) is 4. The average molecular weight is 406 g/mol. The lowest BCUT2D eigenvalue weighted by Gasteiger charge is -2.55. The first-order chi connectivity index (χ1) is 13.5. The maximum atomic E-state index is 12.7. The zero-order chi connectivity index (χ0) is 19.7. The van der Waals surface area contributed by atoms with Crippen molar-refractivity contribution in [3.63, 3.8) is 0 Å². The molecule has 0 aromatic rings. The Morgan fingerprint density at radius 2 is 2.04 bits per heavy atom. The third-order valence-corrected chi connectivity index (χ3v) is 7.70. The number of ether oxygens (including phenoxy) is 1. The first kappa shape index (κ1) is 20.2. The number of halogens is 1. The molecule has 154 valence electrons. The molecule has 3 aliphatic heterocycles. The van der Waals surface area contributed by atoms with Crippen molar-refractivity contribution in [3.8, 4) is 0 Å². The Bertz CT molecular complexity index is 700. The molecule has 1 N–H and O–H groups in total. The van der Waals surface area contributed by atoms with Crippen molar-refractivity contribution in [3.05, 3.63) is 34.9 Å². The Morgan fingerprint density at radius 1 is 1.25 bits per heavy atom. The van der Waals surface area contributed by atoms with Gasteiger partial charge in [-0.15, -0.1) is 0 Å². The normalized spacial score (nSPS) is 42.9. The molecule has 3 heterocycles. The van der Waals surface area contributed by atoms with E-state index in [1.807, 2.05) is 6.08 Å². The molecular formula is C23H32ClNO3. The van der Waals surface area contributed by atoms with Crippen molar-refractivity contribution >= 4 is 17.6 Å². The summed E-state index contributed by atoms with van der Waals surface area (Å²) in [6.45, 7) is 3.24. The third-order valence-electron chi connectivity index (χ3n) is 7.39. The second kappa shape index (κ2) is 8.33. The zero-order valence-corrected chi connectivity index (χ0v) is 17.5. The fourth-order valence-electron chi connectivity index (χ4n) is 6.10. The SMILES string of the molecule is C[C@H]1/C=C/[C@@H](O)/C=C(\Cl)CCOC(=O)C2=CC[C@H]3CCC[C@]4(CCC[C@@H]14)N3C2. The van der Waals surface area contributed by atoms with Gasteiger partial charge in [-0.25, -0.2) is 4.79 Å². The summed E-state index contributed by atoms with van der Waals surface area (Å²) in [5, 5.41) is 10.8. The molecule has 0 amide bonds. The second-order valence-electron chi connectivity index (χ2n) is 8.98. The van der Waals surface area contributed by atoms with Crippen LogP contribution in [0.2, 0.25) is 0 Å². The van der Waals surface area contributed by atoms with E-state index >= 15 is 0 Å². The second-order valence-corrected chi connectivity index (χ2v) is 9.46. The van der Waals surface area contributed by atoms with Crippen LogP contribution in [0.25, 0.3) is 0 Å². The van der Waals surface area contributed by atoms with Crippen molar-refractivity contribution in [2.24, 2.45) is 11.8 Å². The predicted octanol–water partition coefficient (Wildman–Crippen LogP) is 4.33. The number of aliphatic hydroxyl groups is 1. The van der Waals surface area contributed by atoms with Crippen LogP contribution in [0.3, 0.4) is 0 Å². The summed E-state index contributed by atoms with van der Waals surface area (Å²) < 4.78 is 5.50. The van der Waals surface area contributed by atoms with Crippen molar-refractivity contribution in [1.29, 1.82) is 0 Å². The van der Waals surface area contributed by atoms with E-state index in [4.69, 9.17) is 16.3 Å². The molecule has 0 aromatic heterocycles. The number of cyclic esters (lactones) is 1. The molecule has 1 spiro atoms. The Labute approximate surface area is 173 Å². The maximum Gasteiger partial charge on any atom is 0.335 e. The van der Waals surface area contributed by atoms with Gasteiger partial charge in [0.2, 0.25) is 0 Å². The van der Waals surface area contributed by atoms with Crippen LogP contribution in [0.5, 0.6) is 0 Å². The van der Waals surface area contributed by atoms with Gasteiger partial charge in [-0.1, -0.05) is 49.6 Å². The van der Waals surface area contributed by atoms with E-state index < -0.39 is 6.10 Å². The first-order valence-electron chi connectivity index (χ1n) is 10.8. The maximum absolute atomic E-state index is 12.7. The lowest BCUT2D eigenvalue weighted by Crippen LogP contribution is -2.61. The molecule has 0 radical (unpaired) electrons. The smallest absolute Gasteiger partial charge is 0.335 e. The van der Waals surface area contributed by atoms with Crippen LogP contribution in [0, 0.1) is 11.8 Å². The molecular weight excluding hydrogens is 374 g/mol. The number of carbonyl (C=O) groups is 1. The fraction of sp³-hybridized carbons (Fsp3) is 0.696. The highest BCUT2D eigenvalue weighted by Crippen LogP contribution is 2.52. The van der Waals surface area contributed by atoms with Gasteiger partial charge in [0.05, 0.1) is 12.7 Å². The summed E-state index contributed by atoms with van der Waals surface area (Å²) in [7, 11) is 0. The molecule has 1 aliphatic carbocycles. The number of allylic oxidation sites excluding steroid dienone is 1. The highest BCUT2D eigenvalue weighted by Gasteiger charge is 2.52. The number of nitrogens with zero attached hydrogens (tertiary/aromatic N) is 1. The highest BCUT2D eigenvalue weighted by atomic mass is 35.5. The lowest BCUT2D eigenvalue weighted by atomic mass is 9.70. The Balaban J connectivity index is 1.69. The summed E-state index contributed by atoms with van der Waals surface area (Å²) in [6.07, 6.45) is 15.8. The summed E-state index contributed by atoms with van der Waals surface area (Å²) in [5.41, 5.74) is 0.979. The number of hydrogen-bond donors (Lipinski definition) is 1. The van der Waals surface area contributed by atoms with Crippen LogP contribution in [-0.2, 0) is 9.53 Å². The predicted molar refractivity (Wildman–Crippen MR) is 111 cm³/mol. The van der Waals surface area contributed by atoms with Gasteiger partial charge in [-0.2, -0.15) is 0 Å². The van der Waals surface area contributed by atoms with E-state index in [0.29, 0.717) is 35.9 Å². The summed E-state index contributed by atoms with van der Waals surface area (Å²) >= 11 is 6.22. The van der Waals surface area contributed by atoms with Gasteiger partial charge in [-0.3, -0.25) is 4.90 Å². The van der Waals surface area contributed by atoms with Crippen LogP contribution >= 0.6 is 11.6 Å². The van der Waals surface area contributed by atoms with E-state index in [2.05, 4.69) is 24.0 Å². The molecule has 2 fully saturated rings. The number of aliphatic hydroxyl groups excluding tert-OH is 1. The highest BCUT2D eigenvalue weighted by molar-refractivity contribution is 6.29. The van der Waals surface area contributed by atoms with Gasteiger partial charge in [0.15, 0.2) is 0 Å². The molecule has 28 heavy (non-hydrogen) atoms. The summed E-state index contributed by atoms with van der Waals surface area (Å²) in [4.78, 5) is 15.3. The van der Waals surface area contributed by atoms with Crippen molar-refractivity contribution < 1.29 is 14.6 Å². The van der Waals surface area contributed by atoms with E-state index in [0.717, 1.165) is 12.0 Å². The van der Waals surface area contributed by atoms with Gasteiger partial charge < -0.3 is 9.84 Å². The minimum atomic E-state index is -0.700. The number of rotatable bonds is 0. The van der Waals surface area contributed by atoms with Crippen molar-refractivity contribution in [2.45, 2.75) is 76.0 Å². The molecule has 0 aromatic carbocycles. The van der Waals surface area contributed by atoms with Gasteiger partial charge >= 0.3 is 5.97 Å². The molecule has 4 rings (SSSR count). The van der Waals surface area contributed by atoms with Crippen LogP contribution in [0.1, 0.15) is 58.3 Å². The largest absolute Gasteiger partial charge is 0.462 e. The summed E-state index contributed by atoms with van der Waals surface area (Å²) in [5.74, 6) is 0.730.